The van der Waals surface area contributed by atoms with E-state index < -0.39 is 6.04 Å². The second-order valence-electron chi connectivity index (χ2n) is 7.83. The highest BCUT2D eigenvalue weighted by Gasteiger charge is 2.23. The number of aldehydes is 1. The minimum absolute atomic E-state index is 0.476. The number of nitrogens with zero attached hydrogens (tertiary/aromatic N) is 3. The number of carbonyl (C=O) groups is 1. The molecule has 0 saturated carbocycles. The number of carbonyl (C=O) groups excluding carboxylic acids is 1. The minimum Gasteiger partial charge on any atom is -0.481 e. The largest absolute Gasteiger partial charge is 0.481 e. The smallest absolute Gasteiger partial charge is 0.212 e. The maximum absolute atomic E-state index is 11.8. The molecule has 1 unspecified atom stereocenters. The van der Waals surface area contributed by atoms with Gasteiger partial charge in [0.05, 0.1) is 26.0 Å². The fourth-order valence-electron chi connectivity index (χ4n) is 4.08. The highest BCUT2D eigenvalue weighted by molar-refractivity contribution is 5.80. The molecule has 1 saturated heterocycles. The number of aromatic nitrogens is 2. The molecule has 4 heterocycles. The average Bonchev–Trinajstić information content (AvgIpc) is 2.89. The zero-order chi connectivity index (χ0) is 22.6. The lowest BCUT2D eigenvalue weighted by atomic mass is 9.97. The van der Waals surface area contributed by atoms with Crippen LogP contribution in [0.2, 0.25) is 0 Å². The van der Waals surface area contributed by atoms with Gasteiger partial charge in [-0.1, -0.05) is 0 Å². The van der Waals surface area contributed by atoms with Crippen LogP contribution in [0.15, 0.2) is 54.9 Å². The summed E-state index contributed by atoms with van der Waals surface area (Å²) in [4.78, 5) is 23.3. The summed E-state index contributed by atoms with van der Waals surface area (Å²) in [5.74, 6) is 1.17. The Hall–Kier alpha value is -3.91. The van der Waals surface area contributed by atoms with Crippen LogP contribution in [0.25, 0.3) is 17.3 Å². The fraction of sp³-hybridized carbons (Fsp3) is 0.240. The first kappa shape index (κ1) is 21.0. The molecule has 3 aromatic rings. The van der Waals surface area contributed by atoms with E-state index in [1.807, 2.05) is 30.3 Å². The summed E-state index contributed by atoms with van der Waals surface area (Å²) >= 11 is 0. The van der Waals surface area contributed by atoms with E-state index in [-0.39, 0.29) is 0 Å². The van der Waals surface area contributed by atoms with Crippen molar-refractivity contribution >= 4 is 29.6 Å². The molecule has 2 N–H and O–H groups in total. The number of hydrogen-bond acceptors (Lipinski definition) is 8. The molecule has 0 spiro atoms. The molecule has 33 heavy (non-hydrogen) atoms. The summed E-state index contributed by atoms with van der Waals surface area (Å²) in [6, 6.07) is 13.5. The van der Waals surface area contributed by atoms with Gasteiger partial charge in [0.1, 0.15) is 18.1 Å². The van der Waals surface area contributed by atoms with Gasteiger partial charge in [0, 0.05) is 47.9 Å². The number of methoxy groups -OCH3 is 1. The first-order valence-electron chi connectivity index (χ1n) is 10.9. The van der Waals surface area contributed by atoms with Crippen LogP contribution in [-0.2, 0) is 9.53 Å². The van der Waals surface area contributed by atoms with Gasteiger partial charge in [-0.15, -0.1) is 0 Å². The van der Waals surface area contributed by atoms with E-state index in [0.29, 0.717) is 11.7 Å². The van der Waals surface area contributed by atoms with Crippen LogP contribution in [-0.4, -0.2) is 49.7 Å². The van der Waals surface area contributed by atoms with E-state index in [0.717, 1.165) is 66.3 Å². The third-order valence-corrected chi connectivity index (χ3v) is 5.82. The number of benzene rings is 1. The molecule has 1 aromatic carbocycles. The Morgan fingerprint density at radius 2 is 2.00 bits per heavy atom. The van der Waals surface area contributed by atoms with Crippen LogP contribution in [0.1, 0.15) is 17.2 Å². The van der Waals surface area contributed by atoms with E-state index >= 15 is 0 Å². The number of hydrogen-bond donors (Lipinski definition) is 2. The van der Waals surface area contributed by atoms with Crippen molar-refractivity contribution in [2.75, 3.05) is 43.6 Å². The van der Waals surface area contributed by atoms with Gasteiger partial charge in [-0.05, 0) is 54.2 Å². The normalized spacial score (nSPS) is 17.1. The van der Waals surface area contributed by atoms with E-state index in [2.05, 4.69) is 32.7 Å². The molecule has 0 radical (unpaired) electrons. The van der Waals surface area contributed by atoms with Crippen molar-refractivity contribution in [1.29, 1.82) is 0 Å². The van der Waals surface area contributed by atoms with Gasteiger partial charge in [0.15, 0.2) is 0 Å². The molecule has 2 aliphatic heterocycles. The molecule has 8 nitrogen and oxygen atoms in total. The van der Waals surface area contributed by atoms with E-state index in [1.165, 1.54) is 0 Å². The van der Waals surface area contributed by atoms with Gasteiger partial charge >= 0.3 is 0 Å². The Labute approximate surface area is 192 Å². The highest BCUT2D eigenvalue weighted by Crippen LogP contribution is 2.34. The third kappa shape index (κ3) is 4.38. The van der Waals surface area contributed by atoms with Crippen molar-refractivity contribution < 1.29 is 14.3 Å². The predicted molar refractivity (Wildman–Crippen MR) is 128 cm³/mol. The van der Waals surface area contributed by atoms with Crippen molar-refractivity contribution in [2.24, 2.45) is 0 Å². The Morgan fingerprint density at radius 1 is 1.18 bits per heavy atom. The molecule has 5 rings (SSSR count). The minimum atomic E-state index is -0.476. The molecule has 0 bridgehead atoms. The molecule has 2 aromatic heterocycles. The zero-order valence-corrected chi connectivity index (χ0v) is 18.3. The van der Waals surface area contributed by atoms with Crippen LogP contribution >= 0.6 is 0 Å². The van der Waals surface area contributed by atoms with Crippen LogP contribution in [0.4, 0.5) is 17.2 Å². The third-order valence-electron chi connectivity index (χ3n) is 5.82. The maximum atomic E-state index is 11.8. The van der Waals surface area contributed by atoms with Gasteiger partial charge in [0.25, 0.3) is 0 Å². The Kier molecular flexibility index (Phi) is 5.91. The Morgan fingerprint density at radius 3 is 2.70 bits per heavy atom. The van der Waals surface area contributed by atoms with Crippen molar-refractivity contribution in [3.63, 3.8) is 0 Å². The highest BCUT2D eigenvalue weighted by atomic mass is 16.5. The van der Waals surface area contributed by atoms with Crippen LogP contribution < -0.4 is 20.3 Å². The summed E-state index contributed by atoms with van der Waals surface area (Å²) in [7, 11) is 1.59. The van der Waals surface area contributed by atoms with Crippen molar-refractivity contribution in [3.8, 4) is 17.1 Å². The SMILES string of the molecule is COc1ccc(-c2cc3c(c(Nc4ccc(N5CCOCC5)cc4)n2)C(C=O)NC=C3)cn1. The van der Waals surface area contributed by atoms with Crippen LogP contribution in [0.3, 0.4) is 0 Å². The lowest BCUT2D eigenvalue weighted by Crippen LogP contribution is -2.36. The van der Waals surface area contributed by atoms with E-state index in [9.17, 15) is 4.79 Å². The van der Waals surface area contributed by atoms with Gasteiger partial charge < -0.3 is 29.8 Å². The summed E-state index contributed by atoms with van der Waals surface area (Å²) < 4.78 is 10.6. The van der Waals surface area contributed by atoms with Crippen LogP contribution in [0.5, 0.6) is 5.88 Å². The van der Waals surface area contributed by atoms with Gasteiger partial charge in [-0.25, -0.2) is 9.97 Å². The first-order chi connectivity index (χ1) is 16.2. The Balaban J connectivity index is 1.49. The van der Waals surface area contributed by atoms with E-state index in [1.54, 1.807) is 25.6 Å². The van der Waals surface area contributed by atoms with Gasteiger partial charge in [-0.3, -0.25) is 0 Å². The maximum Gasteiger partial charge on any atom is 0.212 e. The second kappa shape index (κ2) is 9.30. The first-order valence-corrected chi connectivity index (χ1v) is 10.9. The lowest BCUT2D eigenvalue weighted by Gasteiger charge is -2.29. The van der Waals surface area contributed by atoms with Gasteiger partial charge in [0.2, 0.25) is 5.88 Å². The average molecular weight is 444 g/mol. The van der Waals surface area contributed by atoms with Crippen molar-refractivity contribution in [3.05, 3.63) is 66.0 Å². The van der Waals surface area contributed by atoms with Crippen molar-refractivity contribution in [1.82, 2.24) is 15.3 Å². The number of morpholine rings is 1. The van der Waals surface area contributed by atoms with Crippen LogP contribution in [0, 0.1) is 0 Å². The molecule has 0 aliphatic carbocycles. The molecule has 8 heteroatoms. The zero-order valence-electron chi connectivity index (χ0n) is 18.3. The number of ether oxygens (including phenoxy) is 2. The van der Waals surface area contributed by atoms with Crippen molar-refractivity contribution in [2.45, 2.75) is 6.04 Å². The molecule has 2 aliphatic rings. The number of fused-ring (bicyclic) bond motifs is 1. The van der Waals surface area contributed by atoms with Gasteiger partial charge in [-0.2, -0.15) is 0 Å². The molecule has 1 atom stereocenters. The number of anilines is 3. The predicted octanol–water partition coefficient (Wildman–Crippen LogP) is 3.55. The fourth-order valence-corrected chi connectivity index (χ4v) is 4.08. The summed E-state index contributed by atoms with van der Waals surface area (Å²) in [5, 5.41) is 6.53. The number of pyridine rings is 2. The monoisotopic (exact) mass is 443 g/mol. The summed E-state index contributed by atoms with van der Waals surface area (Å²) in [6.45, 7) is 3.27. The molecule has 168 valence electrons. The second-order valence-corrected chi connectivity index (χ2v) is 7.83. The summed E-state index contributed by atoms with van der Waals surface area (Å²) in [5.41, 5.74) is 5.42. The molecule has 0 amide bonds. The summed E-state index contributed by atoms with van der Waals surface area (Å²) in [6.07, 6.45) is 6.37. The molecule has 1 fully saturated rings. The quantitative estimate of drug-likeness (QED) is 0.560. The van der Waals surface area contributed by atoms with E-state index in [4.69, 9.17) is 14.5 Å². The topological polar surface area (TPSA) is 88.6 Å². The molecular weight excluding hydrogens is 418 g/mol. The standard InChI is InChI=1S/C25H25N5O3/c1-32-23-7-2-18(15-27-23)21-14-17-8-9-26-22(16-31)24(17)25(29-21)28-19-3-5-20(6-4-19)30-10-12-33-13-11-30/h2-9,14-16,22,26H,10-13H2,1H3,(H,28,29). The molecular formula is C25H25N5O3. The number of rotatable bonds is 6. The Bertz CT molecular complexity index is 1160. The number of nitrogens with one attached hydrogen (secondary N) is 2. The lowest BCUT2D eigenvalue weighted by molar-refractivity contribution is -0.109.